The third kappa shape index (κ3) is 4.99. The number of nitrogens with zero attached hydrogens (tertiary/aromatic N) is 5. The minimum absolute atomic E-state index is 0.0279. The number of pyridine rings is 2. The van der Waals surface area contributed by atoms with Gasteiger partial charge >= 0.3 is 0 Å². The van der Waals surface area contributed by atoms with Crippen molar-refractivity contribution in [1.82, 2.24) is 19.5 Å². The highest BCUT2D eigenvalue weighted by molar-refractivity contribution is 6.31. The van der Waals surface area contributed by atoms with Crippen LogP contribution in [-0.4, -0.2) is 45.8 Å². The molecular weight excluding hydrogens is 541 g/mol. The Balaban J connectivity index is 1.51. The number of aryl methyl sites for hydroxylation is 1. The Morgan fingerprint density at radius 3 is 2.88 bits per heavy atom. The lowest BCUT2D eigenvalue weighted by atomic mass is 10.0. The fourth-order valence-corrected chi connectivity index (χ4v) is 4.96. The van der Waals surface area contributed by atoms with Crippen LogP contribution in [0.1, 0.15) is 24.0 Å². The number of fused-ring (bicyclic) bond motifs is 1. The maximum absolute atomic E-state index is 15.1. The van der Waals surface area contributed by atoms with Crippen LogP contribution in [0.5, 0.6) is 5.88 Å². The topological polar surface area (TPSA) is 170 Å². The van der Waals surface area contributed by atoms with Crippen LogP contribution < -0.4 is 32.3 Å². The zero-order chi connectivity index (χ0) is 28.4. The number of ether oxygens (including phenoxy) is 1. The molecule has 5 rings (SSSR count). The first-order chi connectivity index (χ1) is 19.3. The van der Waals surface area contributed by atoms with Crippen molar-refractivity contribution in [3.8, 4) is 28.4 Å². The number of hydrogen-bond donors (Lipinski definition) is 4. The zero-order valence-electron chi connectivity index (χ0n) is 21.3. The molecule has 12 nitrogen and oxygen atoms in total. The minimum Gasteiger partial charge on any atom is -0.468 e. The molecule has 0 radical (unpaired) electrons. The van der Waals surface area contributed by atoms with E-state index in [1.807, 2.05) is 6.07 Å². The number of nitrogens with two attached hydrogens (primary N) is 2. The number of anilines is 2. The summed E-state index contributed by atoms with van der Waals surface area (Å²) in [6.45, 7) is -0.205. The number of hydrogen-bond acceptors (Lipinski definition) is 9. The van der Waals surface area contributed by atoms with Crippen LogP contribution in [0.25, 0.3) is 22.5 Å². The molecule has 0 spiro atoms. The van der Waals surface area contributed by atoms with Crippen molar-refractivity contribution < 1.29 is 13.9 Å². The van der Waals surface area contributed by atoms with Gasteiger partial charge in [-0.2, -0.15) is 9.49 Å². The molecule has 1 atom stereocenters. The molecule has 40 heavy (non-hydrogen) atoms. The van der Waals surface area contributed by atoms with Crippen LogP contribution in [0, 0.1) is 5.95 Å². The molecule has 4 aromatic rings. The number of hydrazine groups is 1. The average Bonchev–Trinajstić information content (AvgIpc) is 3.55. The zero-order valence-corrected chi connectivity index (χ0v) is 22.0. The Morgan fingerprint density at radius 1 is 1.30 bits per heavy atom. The first-order valence-corrected chi connectivity index (χ1v) is 12.6. The van der Waals surface area contributed by atoms with E-state index in [0.717, 1.165) is 5.69 Å². The van der Waals surface area contributed by atoms with Gasteiger partial charge in [-0.25, -0.2) is 15.8 Å². The summed E-state index contributed by atoms with van der Waals surface area (Å²) in [6.07, 6.45) is 2.91. The molecule has 0 fully saturated rings. The number of benzene rings is 1. The van der Waals surface area contributed by atoms with E-state index in [1.54, 1.807) is 41.9 Å². The normalized spacial score (nSPS) is 14.3. The lowest BCUT2D eigenvalue weighted by Gasteiger charge is -2.18. The number of aromatic nitrogens is 4. The van der Waals surface area contributed by atoms with Gasteiger partial charge in [0.05, 0.1) is 23.1 Å². The Hall–Kier alpha value is -4.75. The largest absolute Gasteiger partial charge is 0.468 e. The number of carbonyl (C=O) groups is 1. The van der Waals surface area contributed by atoms with E-state index in [2.05, 4.69) is 25.4 Å². The molecule has 6 N–H and O–H groups in total. The first kappa shape index (κ1) is 26.8. The van der Waals surface area contributed by atoms with E-state index in [-0.39, 0.29) is 35.3 Å². The molecule has 1 aliphatic rings. The quantitative estimate of drug-likeness (QED) is 0.0783. The summed E-state index contributed by atoms with van der Waals surface area (Å²) < 4.78 is 22.0. The minimum atomic E-state index is -0.702. The van der Waals surface area contributed by atoms with Crippen LogP contribution in [-0.2, 0) is 11.2 Å². The van der Waals surface area contributed by atoms with E-state index in [9.17, 15) is 9.59 Å². The van der Waals surface area contributed by atoms with Gasteiger partial charge in [0.2, 0.25) is 11.8 Å². The lowest BCUT2D eigenvalue weighted by Crippen LogP contribution is -2.30. The molecule has 3 aromatic heterocycles. The highest BCUT2D eigenvalue weighted by Crippen LogP contribution is 2.36. The third-order valence-electron chi connectivity index (χ3n) is 6.53. The van der Waals surface area contributed by atoms with Gasteiger partial charge in [0.1, 0.15) is 24.5 Å². The predicted octanol–water partition coefficient (Wildman–Crippen LogP) is 2.83. The van der Waals surface area contributed by atoms with E-state index in [4.69, 9.17) is 28.0 Å². The van der Waals surface area contributed by atoms with Gasteiger partial charge < -0.3 is 25.4 Å². The molecule has 206 valence electrons. The van der Waals surface area contributed by atoms with Crippen LogP contribution >= 0.6 is 11.6 Å². The Bertz CT molecular complexity index is 1670. The molecule has 1 aromatic carbocycles. The number of aromatic amines is 1. The molecule has 0 saturated heterocycles. The van der Waals surface area contributed by atoms with Crippen LogP contribution in [0.15, 0.2) is 52.4 Å². The fraction of sp³-hybridized carbons (Fsp3) is 0.192. The number of imidazole rings is 1. The Labute approximate surface area is 232 Å². The highest BCUT2D eigenvalue weighted by Gasteiger charge is 2.30. The van der Waals surface area contributed by atoms with Crippen LogP contribution in [0.4, 0.5) is 15.8 Å². The maximum Gasteiger partial charge on any atom is 0.252 e. The summed E-state index contributed by atoms with van der Waals surface area (Å²) in [6, 6.07) is 11.1. The Morgan fingerprint density at radius 2 is 2.12 bits per heavy atom. The molecule has 0 saturated carbocycles. The number of carbonyl (C=O) groups excluding carboxylic acids is 1. The highest BCUT2D eigenvalue weighted by atomic mass is 35.5. The number of nitrogens with one attached hydrogen (secondary N) is 2. The standard InChI is InChI=1S/C26H25ClFN9O3/c1-31-19-5-4-18(33-26(19)40-9-8-38)23-24(28)35-25(34-23)21-7-3-16-10-14(11-22(39)37(16)21)17-12-15(27)2-6-20(17)36(30)13-32-29/h2,4-6,8,10-13,21,31H,3,7,9,29-30H2,1H3,(H,34,35)/b32-13-. The monoisotopic (exact) mass is 565 g/mol. The maximum atomic E-state index is 15.1. The second kappa shape index (κ2) is 11.2. The van der Waals surface area contributed by atoms with Crippen LogP contribution in [0.2, 0.25) is 5.02 Å². The molecule has 4 heterocycles. The van der Waals surface area contributed by atoms with Gasteiger partial charge in [-0.3, -0.25) is 14.6 Å². The van der Waals surface area contributed by atoms with Crippen molar-refractivity contribution in [3.05, 3.63) is 75.3 Å². The number of hydrazone groups is 1. The first-order valence-electron chi connectivity index (χ1n) is 12.2. The number of H-pyrrole nitrogens is 1. The van der Waals surface area contributed by atoms with E-state index >= 15 is 4.39 Å². The number of aldehydes is 1. The van der Waals surface area contributed by atoms with E-state index < -0.39 is 12.0 Å². The lowest BCUT2D eigenvalue weighted by molar-refractivity contribution is -0.109. The molecule has 14 heteroatoms. The summed E-state index contributed by atoms with van der Waals surface area (Å²) in [7, 11) is 1.67. The molecule has 0 bridgehead atoms. The van der Waals surface area contributed by atoms with Gasteiger partial charge in [0, 0.05) is 29.4 Å². The van der Waals surface area contributed by atoms with E-state index in [0.29, 0.717) is 46.7 Å². The van der Waals surface area contributed by atoms with Gasteiger partial charge in [0.15, 0.2) is 6.29 Å². The molecule has 0 aliphatic carbocycles. The number of rotatable bonds is 9. The number of halogens is 2. The summed E-state index contributed by atoms with van der Waals surface area (Å²) in [5.74, 6) is 11.0. The third-order valence-corrected chi connectivity index (χ3v) is 6.76. The van der Waals surface area contributed by atoms with Crippen LogP contribution in [0.3, 0.4) is 0 Å². The van der Waals surface area contributed by atoms with Crippen molar-refractivity contribution in [2.75, 3.05) is 24.0 Å². The smallest absolute Gasteiger partial charge is 0.252 e. The summed E-state index contributed by atoms with van der Waals surface area (Å²) in [4.78, 5) is 35.6. The van der Waals surface area contributed by atoms with Gasteiger partial charge in [0.25, 0.3) is 5.56 Å². The van der Waals surface area contributed by atoms with Crippen molar-refractivity contribution >= 4 is 35.6 Å². The van der Waals surface area contributed by atoms with Crippen molar-refractivity contribution in [2.45, 2.75) is 18.9 Å². The summed E-state index contributed by atoms with van der Waals surface area (Å²) in [5.41, 5.74) is 2.94. The fourth-order valence-electron chi connectivity index (χ4n) is 4.79. The van der Waals surface area contributed by atoms with Gasteiger partial charge in [-0.05, 0) is 54.8 Å². The summed E-state index contributed by atoms with van der Waals surface area (Å²) >= 11 is 6.25. The molecule has 0 amide bonds. The Kier molecular flexibility index (Phi) is 7.49. The SMILES string of the molecule is CNc1ccc(-c2nc(C3CCc4cc(-c5cc(Cl)ccc5N(N)/C=N\N)cc(=O)n43)[nH]c2F)nc1OCC=O. The van der Waals surface area contributed by atoms with Crippen molar-refractivity contribution in [2.24, 2.45) is 16.8 Å². The average molecular weight is 566 g/mol. The van der Waals surface area contributed by atoms with E-state index in [1.165, 1.54) is 17.4 Å². The second-order valence-corrected chi connectivity index (χ2v) is 9.33. The van der Waals surface area contributed by atoms with Crippen molar-refractivity contribution in [3.63, 3.8) is 0 Å². The molecule has 1 aliphatic heterocycles. The van der Waals surface area contributed by atoms with Gasteiger partial charge in [-0.1, -0.05) is 11.6 Å². The van der Waals surface area contributed by atoms with Crippen molar-refractivity contribution in [1.29, 1.82) is 0 Å². The second-order valence-electron chi connectivity index (χ2n) is 8.89. The summed E-state index contributed by atoms with van der Waals surface area (Å²) in [5, 5.41) is 8.06. The van der Waals surface area contributed by atoms with Gasteiger partial charge in [-0.15, -0.1) is 0 Å². The predicted molar refractivity (Wildman–Crippen MR) is 150 cm³/mol. The molecule has 1 unspecified atom stereocenters. The molecular formula is C26H25ClFN9O3.